The fourth-order valence-electron chi connectivity index (χ4n) is 7.42. The summed E-state index contributed by atoms with van der Waals surface area (Å²) in [6, 6.07) is 3.49. The van der Waals surface area contributed by atoms with E-state index in [2.05, 4.69) is 33.6 Å². The number of methoxy groups -OCH3 is 1. The third-order valence-electron chi connectivity index (χ3n) is 9.54. The highest BCUT2D eigenvalue weighted by atomic mass is 16.6. The maximum absolute atomic E-state index is 13.3. The number of nitrogens with one attached hydrogen (secondary N) is 2. The minimum absolute atomic E-state index is 0.0850. The Kier molecular flexibility index (Phi) is 9.51. The lowest BCUT2D eigenvalue weighted by atomic mass is 9.53. The Morgan fingerprint density at radius 2 is 2.13 bits per heavy atom. The molecule has 0 radical (unpaired) electrons. The van der Waals surface area contributed by atoms with Crippen molar-refractivity contribution in [3.8, 4) is 11.5 Å². The zero-order chi connectivity index (χ0) is 32.3. The maximum atomic E-state index is 13.3. The van der Waals surface area contributed by atoms with Gasteiger partial charge in [-0.15, -0.1) is 0 Å². The average molecular weight is 627 g/mol. The van der Waals surface area contributed by atoms with E-state index in [-0.39, 0.29) is 24.9 Å². The normalized spacial score (nSPS) is 25.0. The third-order valence-corrected chi connectivity index (χ3v) is 9.54. The largest absolute Gasteiger partial charge is 0.493 e. The molecule has 5 N–H and O–H groups in total. The zero-order valence-electron chi connectivity index (χ0n) is 25.9. The summed E-state index contributed by atoms with van der Waals surface area (Å²) in [5.74, 6) is -0.337. The van der Waals surface area contributed by atoms with Crippen molar-refractivity contribution in [3.05, 3.63) is 35.1 Å². The molecule has 1 fully saturated rings. The first kappa shape index (κ1) is 32.1. The number of nitrogens with two attached hydrogens (primary N) is 1. The number of carboxylic acid groups (broad SMARTS) is 1. The predicted molar refractivity (Wildman–Crippen MR) is 163 cm³/mol. The van der Waals surface area contributed by atoms with Crippen LogP contribution in [0.2, 0.25) is 0 Å². The first-order chi connectivity index (χ1) is 21.6. The molecule has 2 heterocycles. The van der Waals surface area contributed by atoms with E-state index < -0.39 is 42.4 Å². The van der Waals surface area contributed by atoms with Crippen molar-refractivity contribution in [1.29, 1.82) is 0 Å². The number of carbonyl (C=O) groups is 4. The summed E-state index contributed by atoms with van der Waals surface area (Å²) in [5.41, 5.74) is 7.40. The highest BCUT2D eigenvalue weighted by Crippen LogP contribution is 2.63. The average Bonchev–Trinajstić information content (AvgIpc) is 3.36. The molecule has 3 amide bonds. The Labute approximate surface area is 261 Å². The fraction of sp³-hybridized carbons (Fsp3) is 0.581. The highest BCUT2D eigenvalue weighted by Gasteiger charge is 2.64. The summed E-state index contributed by atoms with van der Waals surface area (Å²) in [6.45, 7) is 1.48. The summed E-state index contributed by atoms with van der Waals surface area (Å²) in [4.78, 5) is 56.7. The minimum Gasteiger partial charge on any atom is -0.493 e. The quantitative estimate of drug-likeness (QED) is 0.106. The molecule has 2 unspecified atom stereocenters. The number of hydrogen-bond acceptors (Lipinski definition) is 9. The van der Waals surface area contributed by atoms with E-state index in [1.165, 1.54) is 16.0 Å². The third kappa shape index (κ3) is 6.15. The van der Waals surface area contributed by atoms with Gasteiger partial charge in [0.2, 0.25) is 11.8 Å². The monoisotopic (exact) mass is 626 g/mol. The van der Waals surface area contributed by atoms with Gasteiger partial charge in [-0.2, -0.15) is 0 Å². The van der Waals surface area contributed by atoms with Crippen molar-refractivity contribution >= 4 is 30.2 Å². The van der Waals surface area contributed by atoms with Crippen molar-refractivity contribution in [2.24, 2.45) is 16.6 Å². The number of nitrogens with zero attached hydrogens (tertiary/aromatic N) is 3. The molecule has 1 aromatic carbocycles. The van der Waals surface area contributed by atoms with Gasteiger partial charge in [0, 0.05) is 43.7 Å². The molecule has 1 aromatic rings. The number of rotatable bonds is 13. The number of aliphatic carboxylic acids is 1. The second-order valence-corrected chi connectivity index (χ2v) is 12.1. The lowest BCUT2D eigenvalue weighted by Gasteiger charge is -2.56. The topological polar surface area (TPSA) is 185 Å². The van der Waals surface area contributed by atoms with Crippen molar-refractivity contribution in [2.45, 2.75) is 62.1 Å². The van der Waals surface area contributed by atoms with Crippen LogP contribution in [-0.2, 0) is 31.0 Å². The fourth-order valence-corrected chi connectivity index (χ4v) is 7.42. The number of carbonyl (C=O) groups excluding carboxylic acids is 3. The lowest BCUT2D eigenvalue weighted by Crippen LogP contribution is -2.63. The van der Waals surface area contributed by atoms with E-state index in [1.54, 1.807) is 14.2 Å². The van der Waals surface area contributed by atoms with Crippen LogP contribution >= 0.6 is 0 Å². The molecule has 1 saturated heterocycles. The number of ether oxygens (including phenoxy) is 3. The Bertz CT molecular complexity index is 1400. The minimum atomic E-state index is -1.30. The van der Waals surface area contributed by atoms with Gasteiger partial charge in [-0.25, -0.2) is 4.79 Å². The van der Waals surface area contributed by atoms with Crippen LogP contribution in [0, 0.1) is 5.92 Å². The van der Waals surface area contributed by atoms with Crippen molar-refractivity contribution in [2.75, 3.05) is 47.4 Å². The van der Waals surface area contributed by atoms with Crippen LogP contribution in [-0.4, -0.2) is 111 Å². The summed E-state index contributed by atoms with van der Waals surface area (Å²) in [5, 5.41) is 14.1. The van der Waals surface area contributed by atoms with Crippen LogP contribution in [0.25, 0.3) is 0 Å². The summed E-state index contributed by atoms with van der Waals surface area (Å²) < 4.78 is 18.3. The summed E-state index contributed by atoms with van der Waals surface area (Å²) in [6.07, 6.45) is 4.61. The van der Waals surface area contributed by atoms with E-state index >= 15 is 0 Å². The molecule has 2 aliphatic carbocycles. The van der Waals surface area contributed by atoms with Gasteiger partial charge in [-0.05, 0) is 69.3 Å². The Morgan fingerprint density at radius 3 is 2.87 bits per heavy atom. The molecular formula is C31H42N6O8. The smallest absolute Gasteiger partial charge is 0.414 e. The van der Waals surface area contributed by atoms with Gasteiger partial charge in [0.15, 0.2) is 17.6 Å². The van der Waals surface area contributed by atoms with Gasteiger partial charge in [-0.1, -0.05) is 6.07 Å². The number of amides is 3. The molecule has 45 heavy (non-hydrogen) atoms. The van der Waals surface area contributed by atoms with E-state index in [0.717, 1.165) is 37.9 Å². The SMILES string of the molecule is COc1ccc2c3c1OC1C(OC(=O)N(C)CCNC(=O)[C@H](CCCN=CN)NC(=O)CC(=O)O)=CCC4[C@@H](C2)N(C)CC[C@]314. The second kappa shape index (κ2) is 13.3. The number of hydrogen-bond donors (Lipinski definition) is 4. The lowest BCUT2D eigenvalue weighted by molar-refractivity contribution is -0.141. The van der Waals surface area contributed by atoms with Gasteiger partial charge in [0.1, 0.15) is 18.2 Å². The Balaban J connectivity index is 1.21. The van der Waals surface area contributed by atoms with Gasteiger partial charge < -0.3 is 45.5 Å². The standard InChI is InChI=1S/C31H42N6O8/c1-36-13-10-31-19-7-9-23(28(31)45-27-22(43-3)8-6-18(26(27)31)15-21(19)36)44-30(42)37(2)14-12-34-29(41)20(5-4-11-33-17-32)35-24(38)16-25(39)40/h6,8-9,17,19-21,28H,4-5,7,10-16H2,1-3H3,(H2,32,33)(H,34,41)(H,35,38)(H,39,40)/t19?,20-,21+,28?,31-/m0/s1. The molecule has 4 aliphatic rings. The van der Waals surface area contributed by atoms with Crippen molar-refractivity contribution < 1.29 is 38.5 Å². The second-order valence-electron chi connectivity index (χ2n) is 12.1. The van der Waals surface area contributed by atoms with Gasteiger partial charge in [-0.3, -0.25) is 19.4 Å². The Hall–Kier alpha value is -4.33. The van der Waals surface area contributed by atoms with Gasteiger partial charge in [0.05, 0.1) is 13.4 Å². The van der Waals surface area contributed by atoms with Crippen LogP contribution in [0.3, 0.4) is 0 Å². The molecule has 0 saturated carbocycles. The molecule has 14 heteroatoms. The summed E-state index contributed by atoms with van der Waals surface area (Å²) >= 11 is 0. The molecular weight excluding hydrogens is 584 g/mol. The van der Waals surface area contributed by atoms with E-state index in [0.29, 0.717) is 36.4 Å². The number of likely N-dealkylation sites (N-methyl/N-ethyl adjacent to an activating group) is 2. The molecule has 1 spiro atoms. The number of benzene rings is 1. The molecule has 5 atom stereocenters. The van der Waals surface area contributed by atoms with E-state index in [9.17, 15) is 19.2 Å². The van der Waals surface area contributed by atoms with Crippen molar-refractivity contribution in [3.63, 3.8) is 0 Å². The van der Waals surface area contributed by atoms with Crippen LogP contribution in [0.5, 0.6) is 11.5 Å². The molecule has 5 rings (SSSR count). The Morgan fingerprint density at radius 1 is 1.33 bits per heavy atom. The molecule has 244 valence electrons. The highest BCUT2D eigenvalue weighted by molar-refractivity contribution is 5.96. The van der Waals surface area contributed by atoms with Crippen LogP contribution in [0.4, 0.5) is 4.79 Å². The predicted octanol–water partition coefficient (Wildman–Crippen LogP) is 0.769. The number of carboxylic acids is 1. The number of piperidine rings is 1. The van der Waals surface area contributed by atoms with Crippen LogP contribution in [0.1, 0.15) is 43.2 Å². The van der Waals surface area contributed by atoms with Crippen LogP contribution < -0.4 is 25.8 Å². The van der Waals surface area contributed by atoms with Gasteiger partial charge in [0.25, 0.3) is 0 Å². The van der Waals surface area contributed by atoms with E-state index in [4.69, 9.17) is 25.1 Å². The summed E-state index contributed by atoms with van der Waals surface area (Å²) in [7, 11) is 5.38. The first-order valence-corrected chi connectivity index (χ1v) is 15.3. The maximum Gasteiger partial charge on any atom is 0.414 e. The molecule has 2 aliphatic heterocycles. The number of allylic oxidation sites excluding steroid dienone is 1. The molecule has 0 aromatic heterocycles. The molecule has 2 bridgehead atoms. The van der Waals surface area contributed by atoms with Crippen LogP contribution in [0.15, 0.2) is 29.0 Å². The molecule has 14 nitrogen and oxygen atoms in total. The van der Waals surface area contributed by atoms with Gasteiger partial charge >= 0.3 is 12.1 Å². The van der Waals surface area contributed by atoms with Crippen molar-refractivity contribution in [1.82, 2.24) is 20.4 Å². The number of aliphatic imine (C=N–C) groups is 1. The first-order valence-electron chi connectivity index (χ1n) is 15.3. The number of likely N-dealkylation sites (tertiary alicyclic amines) is 1. The zero-order valence-corrected chi connectivity index (χ0v) is 25.9. The van der Waals surface area contributed by atoms with E-state index in [1.807, 2.05) is 12.1 Å².